The van der Waals surface area contributed by atoms with Gasteiger partial charge in [0, 0.05) is 23.9 Å². The molecule has 10 unspecified atom stereocenters. The summed E-state index contributed by atoms with van der Waals surface area (Å²) in [4.78, 5) is 13.0. The van der Waals surface area contributed by atoms with Gasteiger partial charge in [-0.2, -0.15) is 0 Å². The number of hydrogen-bond acceptors (Lipinski definition) is 5. The number of ketones is 1. The van der Waals surface area contributed by atoms with Crippen molar-refractivity contribution in [2.45, 2.75) is 85.7 Å². The van der Waals surface area contributed by atoms with Gasteiger partial charge in [-0.15, -0.1) is 0 Å². The molecule has 0 aromatic rings. The van der Waals surface area contributed by atoms with E-state index in [0.717, 1.165) is 25.7 Å². The standard InChI is InChI=1S/C30H46O5/c1-18-19(15-31)8-13-30(17-33)24(35)14-29(5)20(25(18)30)6-7-22-26(2)11-10-23(34)27(3,16-32)21(26)9-12-28(22,29)4/h6-7,18-19,21-22,24,31-33,35H,8-17H2,1-5H3. The predicted octanol–water partition coefficient (Wildman–Crippen LogP) is 4.04. The monoisotopic (exact) mass is 486 g/mol. The van der Waals surface area contributed by atoms with Crippen molar-refractivity contribution < 1.29 is 25.2 Å². The van der Waals surface area contributed by atoms with E-state index in [1.54, 1.807) is 0 Å². The van der Waals surface area contributed by atoms with Crippen LogP contribution in [0.4, 0.5) is 0 Å². The van der Waals surface area contributed by atoms with Crippen molar-refractivity contribution >= 4 is 5.78 Å². The Morgan fingerprint density at radius 3 is 2.34 bits per heavy atom. The largest absolute Gasteiger partial charge is 0.396 e. The molecule has 5 heteroatoms. The molecule has 0 bridgehead atoms. The van der Waals surface area contributed by atoms with Gasteiger partial charge in [-0.25, -0.2) is 0 Å². The fraction of sp³-hybridized carbons (Fsp3) is 0.833. The van der Waals surface area contributed by atoms with Crippen LogP contribution in [0.15, 0.2) is 23.3 Å². The molecule has 0 spiro atoms. The predicted molar refractivity (Wildman–Crippen MR) is 135 cm³/mol. The maximum absolute atomic E-state index is 13.0. The first-order chi connectivity index (χ1) is 16.4. The van der Waals surface area contributed by atoms with Crippen molar-refractivity contribution in [1.29, 1.82) is 0 Å². The van der Waals surface area contributed by atoms with Crippen LogP contribution < -0.4 is 0 Å². The zero-order valence-electron chi connectivity index (χ0n) is 22.3. The van der Waals surface area contributed by atoms with Gasteiger partial charge in [0.2, 0.25) is 0 Å². The lowest BCUT2D eigenvalue weighted by atomic mass is 9.35. The van der Waals surface area contributed by atoms with Gasteiger partial charge in [0.25, 0.3) is 0 Å². The molecule has 0 saturated heterocycles. The smallest absolute Gasteiger partial charge is 0.141 e. The average molecular weight is 487 g/mol. The molecule has 4 N–H and O–H groups in total. The second-order valence-electron chi connectivity index (χ2n) is 13.8. The lowest BCUT2D eigenvalue weighted by molar-refractivity contribution is -0.181. The maximum atomic E-state index is 13.0. The SMILES string of the molecule is CC1C2=C3C=CC4C5(C)CCC(=O)C(C)(CO)C5CCC4(C)C3(C)CC(O)C2(CO)CCC1CO. The molecule has 0 heterocycles. The number of allylic oxidation sites excluding steroid dienone is 3. The van der Waals surface area contributed by atoms with Crippen molar-refractivity contribution in [2.75, 3.05) is 19.8 Å². The van der Waals surface area contributed by atoms with E-state index in [4.69, 9.17) is 0 Å². The third kappa shape index (κ3) is 2.93. The molecule has 5 rings (SSSR count). The summed E-state index contributed by atoms with van der Waals surface area (Å²) >= 11 is 0. The Labute approximate surface area is 210 Å². The van der Waals surface area contributed by atoms with E-state index < -0.39 is 16.9 Å². The molecule has 5 nitrogen and oxygen atoms in total. The Hall–Kier alpha value is -1.01. The van der Waals surface area contributed by atoms with Crippen LogP contribution in [-0.4, -0.2) is 52.1 Å². The molecule has 3 fully saturated rings. The van der Waals surface area contributed by atoms with E-state index in [1.807, 2.05) is 6.92 Å². The lowest BCUT2D eigenvalue weighted by Gasteiger charge is -2.69. The molecule has 0 radical (unpaired) electrons. The summed E-state index contributed by atoms with van der Waals surface area (Å²) in [6.45, 7) is 11.2. The summed E-state index contributed by atoms with van der Waals surface area (Å²) < 4.78 is 0. The van der Waals surface area contributed by atoms with Gasteiger partial charge < -0.3 is 20.4 Å². The van der Waals surface area contributed by atoms with E-state index in [2.05, 4.69) is 39.8 Å². The van der Waals surface area contributed by atoms with E-state index in [1.165, 1.54) is 11.1 Å². The van der Waals surface area contributed by atoms with Crippen molar-refractivity contribution in [3.05, 3.63) is 23.3 Å². The van der Waals surface area contributed by atoms with Gasteiger partial charge in [-0.1, -0.05) is 52.3 Å². The molecule has 5 aliphatic carbocycles. The number of aliphatic hydroxyl groups excluding tert-OH is 4. The quantitative estimate of drug-likeness (QED) is 0.483. The number of rotatable bonds is 3. The summed E-state index contributed by atoms with van der Waals surface area (Å²) in [5, 5.41) is 42.9. The fourth-order valence-electron chi connectivity index (χ4n) is 10.3. The van der Waals surface area contributed by atoms with Crippen LogP contribution in [0.5, 0.6) is 0 Å². The number of aliphatic hydroxyl groups is 4. The summed E-state index contributed by atoms with van der Waals surface area (Å²) in [5.74, 6) is 0.829. The van der Waals surface area contributed by atoms with Crippen LogP contribution in [0, 0.1) is 50.7 Å². The number of fused-ring (bicyclic) bond motifs is 6. The number of carbonyl (C=O) groups is 1. The highest BCUT2D eigenvalue weighted by Gasteiger charge is 2.68. The molecule has 0 amide bonds. The molecule has 0 aromatic carbocycles. The molecule has 10 atom stereocenters. The zero-order valence-corrected chi connectivity index (χ0v) is 22.3. The molecule has 0 aromatic heterocycles. The Bertz CT molecular complexity index is 970. The Morgan fingerprint density at radius 1 is 1.00 bits per heavy atom. The fourth-order valence-corrected chi connectivity index (χ4v) is 10.3. The van der Waals surface area contributed by atoms with Gasteiger partial charge in [0.1, 0.15) is 5.78 Å². The van der Waals surface area contributed by atoms with Gasteiger partial charge >= 0.3 is 0 Å². The summed E-state index contributed by atoms with van der Waals surface area (Å²) in [6, 6.07) is 0. The molecule has 3 saturated carbocycles. The Balaban J connectivity index is 1.70. The maximum Gasteiger partial charge on any atom is 0.141 e. The molecular weight excluding hydrogens is 440 g/mol. The van der Waals surface area contributed by atoms with Gasteiger partial charge in [-0.05, 0) is 78.6 Å². The van der Waals surface area contributed by atoms with E-state index in [-0.39, 0.29) is 65.5 Å². The third-order valence-corrected chi connectivity index (χ3v) is 12.8. The minimum absolute atomic E-state index is 0.0592. The van der Waals surface area contributed by atoms with Crippen LogP contribution in [0.1, 0.15) is 79.6 Å². The molecule has 0 aliphatic heterocycles. The van der Waals surface area contributed by atoms with Crippen molar-refractivity contribution in [2.24, 2.45) is 50.7 Å². The summed E-state index contributed by atoms with van der Waals surface area (Å²) in [6.07, 6.45) is 9.41. The van der Waals surface area contributed by atoms with Crippen molar-refractivity contribution in [3.63, 3.8) is 0 Å². The third-order valence-electron chi connectivity index (χ3n) is 12.8. The Morgan fingerprint density at radius 2 is 1.71 bits per heavy atom. The highest BCUT2D eigenvalue weighted by molar-refractivity contribution is 5.86. The van der Waals surface area contributed by atoms with Crippen LogP contribution in [-0.2, 0) is 4.79 Å². The summed E-state index contributed by atoms with van der Waals surface area (Å²) in [7, 11) is 0. The van der Waals surface area contributed by atoms with Gasteiger partial charge in [-0.3, -0.25) is 4.79 Å². The second-order valence-corrected chi connectivity index (χ2v) is 13.8. The number of Topliss-reactive ketones (excluding diaryl/α,β-unsaturated/α-hetero) is 1. The van der Waals surface area contributed by atoms with Gasteiger partial charge in [0.05, 0.1) is 24.7 Å². The minimum atomic E-state index is -0.688. The average Bonchev–Trinajstić information content (AvgIpc) is 2.82. The van der Waals surface area contributed by atoms with E-state index in [0.29, 0.717) is 19.3 Å². The van der Waals surface area contributed by atoms with Gasteiger partial charge in [0.15, 0.2) is 0 Å². The van der Waals surface area contributed by atoms with Crippen LogP contribution >= 0.6 is 0 Å². The van der Waals surface area contributed by atoms with Crippen LogP contribution in [0.25, 0.3) is 0 Å². The summed E-state index contributed by atoms with van der Waals surface area (Å²) in [5.41, 5.74) is 0.662. The van der Waals surface area contributed by atoms with E-state index in [9.17, 15) is 25.2 Å². The minimum Gasteiger partial charge on any atom is -0.396 e. The molecular formula is C30H46O5. The zero-order chi connectivity index (χ0) is 25.6. The Kier molecular flexibility index (Phi) is 5.85. The lowest BCUT2D eigenvalue weighted by Crippen LogP contribution is -2.65. The normalized spacial score (nSPS) is 53.5. The molecule has 5 aliphatic rings. The highest BCUT2D eigenvalue weighted by atomic mass is 16.3. The molecule has 35 heavy (non-hydrogen) atoms. The first kappa shape index (κ1) is 25.6. The van der Waals surface area contributed by atoms with Crippen LogP contribution in [0.2, 0.25) is 0 Å². The highest BCUT2D eigenvalue weighted by Crippen LogP contribution is 2.73. The number of carbonyl (C=O) groups excluding carboxylic acids is 1. The van der Waals surface area contributed by atoms with Crippen molar-refractivity contribution in [3.8, 4) is 0 Å². The first-order valence-electron chi connectivity index (χ1n) is 13.9. The first-order valence-corrected chi connectivity index (χ1v) is 13.9. The molecule has 196 valence electrons. The van der Waals surface area contributed by atoms with Crippen LogP contribution in [0.3, 0.4) is 0 Å². The topological polar surface area (TPSA) is 98.0 Å². The van der Waals surface area contributed by atoms with Crippen molar-refractivity contribution in [1.82, 2.24) is 0 Å². The van der Waals surface area contributed by atoms with E-state index >= 15 is 0 Å². The number of hydrogen-bond donors (Lipinski definition) is 4. The second kappa shape index (κ2) is 7.99.